The first-order chi connectivity index (χ1) is 14.6. The topological polar surface area (TPSA) is 72.6 Å². The average molecular weight is 407 g/mol. The molecule has 5 heteroatoms. The fourth-order valence-electron chi connectivity index (χ4n) is 4.74. The van der Waals surface area contributed by atoms with Gasteiger partial charge in [-0.05, 0) is 29.5 Å². The van der Waals surface area contributed by atoms with E-state index in [1.807, 2.05) is 35.2 Å². The van der Waals surface area contributed by atoms with Crippen molar-refractivity contribution in [3.8, 4) is 11.1 Å². The van der Waals surface area contributed by atoms with Crippen molar-refractivity contribution in [1.29, 1.82) is 0 Å². The fraction of sp³-hybridized carbons (Fsp3) is 0.440. The molecule has 1 saturated heterocycles. The highest BCUT2D eigenvalue weighted by Gasteiger charge is 2.44. The molecule has 2 amide bonds. The van der Waals surface area contributed by atoms with E-state index in [4.69, 9.17) is 10.5 Å². The molecule has 158 valence electrons. The number of primary amides is 1. The van der Waals surface area contributed by atoms with Gasteiger partial charge in [-0.25, -0.2) is 0 Å². The van der Waals surface area contributed by atoms with E-state index >= 15 is 0 Å². The van der Waals surface area contributed by atoms with Gasteiger partial charge in [0.1, 0.15) is 0 Å². The zero-order valence-corrected chi connectivity index (χ0v) is 17.4. The van der Waals surface area contributed by atoms with Crippen molar-refractivity contribution in [2.24, 2.45) is 11.7 Å². The summed E-state index contributed by atoms with van der Waals surface area (Å²) in [6, 6.07) is 18.2. The number of amides is 2. The molecule has 1 unspecified atom stereocenters. The number of carbonyl (C=O) groups excluding carboxylic acids is 2. The van der Waals surface area contributed by atoms with Crippen molar-refractivity contribution in [2.45, 2.75) is 44.1 Å². The van der Waals surface area contributed by atoms with Crippen LogP contribution in [0, 0.1) is 5.92 Å². The zero-order valence-electron chi connectivity index (χ0n) is 17.4. The van der Waals surface area contributed by atoms with Crippen molar-refractivity contribution in [1.82, 2.24) is 4.90 Å². The maximum absolute atomic E-state index is 13.1. The summed E-state index contributed by atoms with van der Waals surface area (Å²) in [7, 11) is 0. The van der Waals surface area contributed by atoms with E-state index in [1.54, 1.807) is 0 Å². The molecule has 2 fully saturated rings. The summed E-state index contributed by atoms with van der Waals surface area (Å²) >= 11 is 0. The summed E-state index contributed by atoms with van der Waals surface area (Å²) in [5.74, 6) is -0.278. The molecular weight excluding hydrogens is 376 g/mol. The standard InChI is InChI=1S/C25H30N2O3/c26-24(29)25(17-19-8-7-13-22(16-19)20-9-3-1-4-10-20)18-27(14-15-30-25)23(28)21-11-5-2-6-12-21/h1,3-4,7-10,13,16,21H,2,5-6,11-12,14-15,17-18H2,(H2,26,29). The minimum Gasteiger partial charge on any atom is -0.367 e. The molecule has 0 aromatic heterocycles. The molecule has 4 rings (SSSR count). The quantitative estimate of drug-likeness (QED) is 0.825. The number of rotatable bonds is 5. The predicted octanol–water partition coefficient (Wildman–Crippen LogP) is 3.56. The number of morpholine rings is 1. The van der Waals surface area contributed by atoms with E-state index in [-0.39, 0.29) is 18.4 Å². The first-order valence-electron chi connectivity index (χ1n) is 10.9. The molecule has 0 radical (unpaired) electrons. The number of benzene rings is 2. The van der Waals surface area contributed by atoms with Gasteiger partial charge in [-0.3, -0.25) is 9.59 Å². The van der Waals surface area contributed by atoms with Crippen LogP contribution in [0.2, 0.25) is 0 Å². The predicted molar refractivity (Wildman–Crippen MR) is 117 cm³/mol. The monoisotopic (exact) mass is 406 g/mol. The van der Waals surface area contributed by atoms with Crippen molar-refractivity contribution in [2.75, 3.05) is 19.7 Å². The number of hydrogen-bond acceptors (Lipinski definition) is 3. The van der Waals surface area contributed by atoms with Crippen molar-refractivity contribution in [3.05, 3.63) is 60.2 Å². The van der Waals surface area contributed by atoms with Gasteiger partial charge in [0, 0.05) is 18.9 Å². The summed E-state index contributed by atoms with van der Waals surface area (Å²) in [5.41, 5.74) is 7.83. The van der Waals surface area contributed by atoms with Crippen LogP contribution in [0.3, 0.4) is 0 Å². The third-order valence-electron chi connectivity index (χ3n) is 6.42. The average Bonchev–Trinajstić information content (AvgIpc) is 2.80. The van der Waals surface area contributed by atoms with Gasteiger partial charge in [-0.15, -0.1) is 0 Å². The molecule has 30 heavy (non-hydrogen) atoms. The summed E-state index contributed by atoms with van der Waals surface area (Å²) in [4.78, 5) is 27.4. The van der Waals surface area contributed by atoms with E-state index in [2.05, 4.69) is 24.3 Å². The molecule has 2 aliphatic rings. The number of hydrogen-bond donors (Lipinski definition) is 1. The minimum absolute atomic E-state index is 0.0730. The lowest BCUT2D eigenvalue weighted by atomic mass is 9.86. The number of ether oxygens (including phenoxy) is 1. The Hall–Kier alpha value is -2.66. The molecule has 0 bridgehead atoms. The second kappa shape index (κ2) is 9.00. The lowest BCUT2D eigenvalue weighted by Crippen LogP contribution is -2.61. The van der Waals surface area contributed by atoms with Crippen LogP contribution in [0.5, 0.6) is 0 Å². The Labute approximate surface area is 178 Å². The van der Waals surface area contributed by atoms with E-state index in [1.165, 1.54) is 6.42 Å². The SMILES string of the molecule is NC(=O)C1(Cc2cccc(-c3ccccc3)c2)CN(C(=O)C2CCCCC2)CCO1. The van der Waals surface area contributed by atoms with Crippen LogP contribution in [-0.4, -0.2) is 42.0 Å². The van der Waals surface area contributed by atoms with E-state index in [0.29, 0.717) is 19.6 Å². The molecule has 2 aromatic rings. The molecular formula is C25H30N2O3. The normalized spacial score (nSPS) is 22.6. The van der Waals surface area contributed by atoms with Gasteiger partial charge < -0.3 is 15.4 Å². The molecule has 0 spiro atoms. The molecule has 5 nitrogen and oxygen atoms in total. The van der Waals surface area contributed by atoms with Gasteiger partial charge in [0.15, 0.2) is 5.60 Å². The molecule has 1 aliphatic heterocycles. The maximum atomic E-state index is 13.1. The minimum atomic E-state index is -1.18. The summed E-state index contributed by atoms with van der Waals surface area (Å²) in [6.07, 6.45) is 5.66. The third-order valence-corrected chi connectivity index (χ3v) is 6.42. The van der Waals surface area contributed by atoms with Crippen LogP contribution in [0.4, 0.5) is 0 Å². The van der Waals surface area contributed by atoms with Gasteiger partial charge in [-0.1, -0.05) is 73.9 Å². The lowest BCUT2D eigenvalue weighted by Gasteiger charge is -2.42. The Morgan fingerprint density at radius 1 is 1.00 bits per heavy atom. The zero-order chi connectivity index (χ0) is 21.0. The highest BCUT2D eigenvalue weighted by Crippen LogP contribution is 2.30. The van der Waals surface area contributed by atoms with Gasteiger partial charge in [0.25, 0.3) is 5.91 Å². The van der Waals surface area contributed by atoms with Crippen molar-refractivity contribution in [3.63, 3.8) is 0 Å². The molecule has 1 aliphatic carbocycles. The lowest BCUT2D eigenvalue weighted by molar-refractivity contribution is -0.165. The van der Waals surface area contributed by atoms with Gasteiger partial charge in [-0.2, -0.15) is 0 Å². The number of nitrogens with zero attached hydrogens (tertiary/aromatic N) is 1. The van der Waals surface area contributed by atoms with Crippen LogP contribution in [0.25, 0.3) is 11.1 Å². The first-order valence-corrected chi connectivity index (χ1v) is 10.9. The molecule has 2 N–H and O–H groups in total. The Morgan fingerprint density at radius 3 is 2.47 bits per heavy atom. The summed E-state index contributed by atoms with van der Waals surface area (Å²) in [6.45, 7) is 1.08. The summed E-state index contributed by atoms with van der Waals surface area (Å²) < 4.78 is 5.98. The van der Waals surface area contributed by atoms with E-state index in [0.717, 1.165) is 42.4 Å². The van der Waals surface area contributed by atoms with Crippen LogP contribution in [-0.2, 0) is 20.7 Å². The van der Waals surface area contributed by atoms with Crippen molar-refractivity contribution < 1.29 is 14.3 Å². The Kier molecular flexibility index (Phi) is 6.18. The Balaban J connectivity index is 1.54. The molecule has 1 saturated carbocycles. The second-order valence-corrected chi connectivity index (χ2v) is 8.54. The first kappa shape index (κ1) is 20.6. The Morgan fingerprint density at radius 2 is 1.73 bits per heavy atom. The Bertz CT molecular complexity index is 892. The second-order valence-electron chi connectivity index (χ2n) is 8.54. The number of carbonyl (C=O) groups is 2. The highest BCUT2D eigenvalue weighted by atomic mass is 16.5. The van der Waals surface area contributed by atoms with E-state index in [9.17, 15) is 9.59 Å². The van der Waals surface area contributed by atoms with Crippen LogP contribution < -0.4 is 5.73 Å². The molecule has 1 atom stereocenters. The largest absolute Gasteiger partial charge is 0.367 e. The molecule has 2 aromatic carbocycles. The smallest absolute Gasteiger partial charge is 0.251 e. The molecule has 1 heterocycles. The van der Waals surface area contributed by atoms with Crippen LogP contribution in [0.15, 0.2) is 54.6 Å². The fourth-order valence-corrected chi connectivity index (χ4v) is 4.74. The van der Waals surface area contributed by atoms with Gasteiger partial charge in [0.05, 0.1) is 13.2 Å². The van der Waals surface area contributed by atoms with Crippen LogP contribution >= 0.6 is 0 Å². The van der Waals surface area contributed by atoms with E-state index < -0.39 is 11.5 Å². The number of nitrogens with two attached hydrogens (primary N) is 1. The van der Waals surface area contributed by atoms with Gasteiger partial charge in [0.2, 0.25) is 5.91 Å². The van der Waals surface area contributed by atoms with Gasteiger partial charge >= 0.3 is 0 Å². The van der Waals surface area contributed by atoms with Crippen LogP contribution in [0.1, 0.15) is 37.7 Å². The third kappa shape index (κ3) is 4.41. The van der Waals surface area contributed by atoms with Crippen molar-refractivity contribution >= 4 is 11.8 Å². The summed E-state index contributed by atoms with van der Waals surface area (Å²) in [5, 5.41) is 0. The maximum Gasteiger partial charge on any atom is 0.251 e. The highest BCUT2D eigenvalue weighted by molar-refractivity contribution is 5.86.